The van der Waals surface area contributed by atoms with E-state index in [1.165, 1.54) is 21.3 Å². The highest BCUT2D eigenvalue weighted by atomic mass is 16.5. The summed E-state index contributed by atoms with van der Waals surface area (Å²) < 4.78 is 15.6. The first-order valence-electron chi connectivity index (χ1n) is 5.29. The zero-order valence-corrected chi connectivity index (χ0v) is 10.9. The summed E-state index contributed by atoms with van der Waals surface area (Å²) in [5.74, 6) is 0.799. The van der Waals surface area contributed by atoms with Crippen molar-refractivity contribution in [2.45, 2.75) is 19.4 Å². The van der Waals surface area contributed by atoms with E-state index in [1.54, 1.807) is 32.0 Å². The minimum atomic E-state index is -0.915. The molecule has 4 nitrogen and oxygen atoms in total. The van der Waals surface area contributed by atoms with Gasteiger partial charge in [-0.3, -0.25) is 4.79 Å². The van der Waals surface area contributed by atoms with Crippen LogP contribution in [0.4, 0.5) is 0 Å². The lowest BCUT2D eigenvalue weighted by atomic mass is 9.95. The first-order chi connectivity index (χ1) is 7.97. The molecule has 0 heterocycles. The average molecular weight is 238 g/mol. The van der Waals surface area contributed by atoms with E-state index in [1.807, 2.05) is 0 Å². The van der Waals surface area contributed by atoms with Crippen molar-refractivity contribution in [1.29, 1.82) is 0 Å². The minimum absolute atomic E-state index is 0.172. The van der Waals surface area contributed by atoms with Crippen molar-refractivity contribution in [3.63, 3.8) is 0 Å². The van der Waals surface area contributed by atoms with Gasteiger partial charge in [-0.15, -0.1) is 0 Å². The van der Waals surface area contributed by atoms with E-state index in [4.69, 9.17) is 14.2 Å². The molecule has 0 radical (unpaired) electrons. The third-order valence-corrected chi connectivity index (χ3v) is 2.71. The van der Waals surface area contributed by atoms with Crippen LogP contribution in [-0.2, 0) is 4.74 Å². The molecule has 0 saturated carbocycles. The lowest BCUT2D eigenvalue weighted by Gasteiger charge is -2.23. The van der Waals surface area contributed by atoms with Gasteiger partial charge in [0.1, 0.15) is 22.7 Å². The number of ether oxygens (including phenoxy) is 3. The van der Waals surface area contributed by atoms with Crippen LogP contribution in [0.3, 0.4) is 0 Å². The Morgan fingerprint density at radius 2 is 1.53 bits per heavy atom. The second-order valence-electron chi connectivity index (χ2n) is 4.08. The second-order valence-corrected chi connectivity index (χ2v) is 4.08. The molecule has 0 spiro atoms. The van der Waals surface area contributed by atoms with Gasteiger partial charge in [0.2, 0.25) is 5.78 Å². The van der Waals surface area contributed by atoms with Crippen LogP contribution in [0.5, 0.6) is 11.5 Å². The molecule has 1 aromatic rings. The topological polar surface area (TPSA) is 44.8 Å². The Balaban J connectivity index is 3.33. The van der Waals surface area contributed by atoms with Crippen LogP contribution >= 0.6 is 0 Å². The van der Waals surface area contributed by atoms with Crippen LogP contribution in [0.2, 0.25) is 0 Å². The van der Waals surface area contributed by atoms with Gasteiger partial charge in [0.25, 0.3) is 0 Å². The molecule has 0 aliphatic heterocycles. The highest BCUT2D eigenvalue weighted by Gasteiger charge is 2.32. The first kappa shape index (κ1) is 13.5. The number of Topliss-reactive ketones (excluding diaryl/α,β-unsaturated/α-hetero) is 1. The highest BCUT2D eigenvalue weighted by molar-refractivity contribution is 6.06. The zero-order chi connectivity index (χ0) is 13.1. The third kappa shape index (κ3) is 2.58. The van der Waals surface area contributed by atoms with Gasteiger partial charge in [-0.2, -0.15) is 0 Å². The molecule has 0 fully saturated rings. The number of methoxy groups -OCH3 is 3. The fourth-order valence-electron chi connectivity index (χ4n) is 1.47. The van der Waals surface area contributed by atoms with Crippen LogP contribution in [-0.4, -0.2) is 32.7 Å². The molecule has 17 heavy (non-hydrogen) atoms. The van der Waals surface area contributed by atoms with Crippen molar-refractivity contribution in [2.75, 3.05) is 21.3 Å². The summed E-state index contributed by atoms with van der Waals surface area (Å²) in [5.41, 5.74) is -0.508. The lowest BCUT2D eigenvalue weighted by Crippen LogP contribution is -2.34. The highest BCUT2D eigenvalue weighted by Crippen LogP contribution is 2.32. The van der Waals surface area contributed by atoms with Gasteiger partial charge < -0.3 is 14.2 Å². The molecule has 94 valence electrons. The first-order valence-corrected chi connectivity index (χ1v) is 5.29. The van der Waals surface area contributed by atoms with E-state index in [-0.39, 0.29) is 5.78 Å². The summed E-state index contributed by atoms with van der Waals surface area (Å²) in [4.78, 5) is 12.4. The Hall–Kier alpha value is -1.55. The van der Waals surface area contributed by atoms with Gasteiger partial charge in [0.05, 0.1) is 14.2 Å². The monoisotopic (exact) mass is 238 g/mol. The molecule has 0 N–H and O–H groups in total. The maximum atomic E-state index is 12.4. The van der Waals surface area contributed by atoms with Gasteiger partial charge in [-0.25, -0.2) is 0 Å². The fraction of sp³-hybridized carbons (Fsp3) is 0.462. The van der Waals surface area contributed by atoms with Gasteiger partial charge in [0, 0.05) is 7.11 Å². The van der Waals surface area contributed by atoms with E-state index in [0.717, 1.165) is 0 Å². The fourth-order valence-corrected chi connectivity index (χ4v) is 1.47. The molecular formula is C13H18O4. The summed E-state index contributed by atoms with van der Waals surface area (Å²) in [5, 5.41) is 0. The largest absolute Gasteiger partial charge is 0.496 e. The number of carbonyl (C=O) groups excluding carboxylic acids is 1. The van der Waals surface area contributed by atoms with Gasteiger partial charge in [0.15, 0.2) is 0 Å². The molecule has 0 aromatic heterocycles. The predicted octanol–water partition coefficient (Wildman–Crippen LogP) is 2.31. The van der Waals surface area contributed by atoms with Gasteiger partial charge in [-0.1, -0.05) is 6.07 Å². The SMILES string of the molecule is COc1cccc(OC)c1C(=O)C(C)(C)OC. The Morgan fingerprint density at radius 3 is 1.88 bits per heavy atom. The Labute approximate surface area is 101 Å². The van der Waals surface area contributed by atoms with E-state index in [9.17, 15) is 4.79 Å². The molecule has 0 aliphatic carbocycles. The van der Waals surface area contributed by atoms with Crippen LogP contribution in [0.25, 0.3) is 0 Å². The average Bonchev–Trinajstić information content (AvgIpc) is 2.36. The van der Waals surface area contributed by atoms with Crippen molar-refractivity contribution in [2.24, 2.45) is 0 Å². The standard InChI is InChI=1S/C13H18O4/c1-13(2,17-5)12(14)11-9(15-3)7-6-8-10(11)16-4/h6-8H,1-5H3. The number of hydrogen-bond acceptors (Lipinski definition) is 4. The smallest absolute Gasteiger partial charge is 0.201 e. The quantitative estimate of drug-likeness (QED) is 0.738. The summed E-state index contributed by atoms with van der Waals surface area (Å²) in [7, 11) is 4.54. The van der Waals surface area contributed by atoms with Crippen molar-refractivity contribution in [3.05, 3.63) is 23.8 Å². The Morgan fingerprint density at radius 1 is 1.06 bits per heavy atom. The van der Waals surface area contributed by atoms with Crippen LogP contribution in [0.1, 0.15) is 24.2 Å². The van der Waals surface area contributed by atoms with Crippen LogP contribution in [0.15, 0.2) is 18.2 Å². The molecule has 4 heteroatoms. The van der Waals surface area contributed by atoms with Crippen molar-refractivity contribution < 1.29 is 19.0 Å². The molecule has 0 unspecified atom stereocenters. The summed E-state index contributed by atoms with van der Waals surface area (Å²) >= 11 is 0. The van der Waals surface area contributed by atoms with Gasteiger partial charge in [-0.05, 0) is 26.0 Å². The number of benzene rings is 1. The molecule has 0 bridgehead atoms. The van der Waals surface area contributed by atoms with E-state index < -0.39 is 5.60 Å². The normalized spacial score (nSPS) is 11.1. The molecule has 0 saturated heterocycles. The number of ketones is 1. The molecule has 0 amide bonds. The molecule has 1 aromatic carbocycles. The maximum Gasteiger partial charge on any atom is 0.201 e. The third-order valence-electron chi connectivity index (χ3n) is 2.71. The number of rotatable bonds is 5. The van der Waals surface area contributed by atoms with Crippen LogP contribution < -0.4 is 9.47 Å². The summed E-state index contributed by atoms with van der Waals surface area (Å²) in [6, 6.07) is 5.22. The second kappa shape index (κ2) is 5.19. The van der Waals surface area contributed by atoms with E-state index >= 15 is 0 Å². The number of carbonyl (C=O) groups is 1. The molecular weight excluding hydrogens is 220 g/mol. The van der Waals surface area contributed by atoms with Crippen molar-refractivity contribution in [1.82, 2.24) is 0 Å². The Bertz CT molecular complexity index is 388. The maximum absolute atomic E-state index is 12.4. The van der Waals surface area contributed by atoms with Crippen molar-refractivity contribution >= 4 is 5.78 Å². The summed E-state index contributed by atoms with van der Waals surface area (Å²) in [6.45, 7) is 3.42. The van der Waals surface area contributed by atoms with Crippen LogP contribution in [0, 0.1) is 0 Å². The lowest BCUT2D eigenvalue weighted by molar-refractivity contribution is 0.0223. The van der Waals surface area contributed by atoms with Crippen molar-refractivity contribution in [3.8, 4) is 11.5 Å². The zero-order valence-electron chi connectivity index (χ0n) is 10.9. The molecule has 1 rings (SSSR count). The molecule has 0 aliphatic rings. The Kier molecular flexibility index (Phi) is 4.12. The van der Waals surface area contributed by atoms with E-state index in [0.29, 0.717) is 17.1 Å². The van der Waals surface area contributed by atoms with Gasteiger partial charge >= 0.3 is 0 Å². The predicted molar refractivity (Wildman–Crippen MR) is 65.0 cm³/mol. The molecule has 0 atom stereocenters. The number of hydrogen-bond donors (Lipinski definition) is 0. The summed E-state index contributed by atoms with van der Waals surface area (Å²) in [6.07, 6.45) is 0. The minimum Gasteiger partial charge on any atom is -0.496 e. The van der Waals surface area contributed by atoms with E-state index in [2.05, 4.69) is 0 Å².